The van der Waals surface area contributed by atoms with Gasteiger partial charge in [-0.15, -0.1) is 0 Å². The Morgan fingerprint density at radius 3 is 2.13 bits per heavy atom. The number of aryl methyl sites for hydroxylation is 1. The predicted octanol–water partition coefficient (Wildman–Crippen LogP) is 3.93. The molecule has 0 fully saturated rings. The molecular weight excluding hydrogens is 505 g/mol. The zero-order chi connectivity index (χ0) is 27.7. The van der Waals surface area contributed by atoms with E-state index in [4.69, 9.17) is 0 Å². The second kappa shape index (κ2) is 13.2. The monoisotopic (exact) mass is 539 g/mol. The van der Waals surface area contributed by atoms with Gasteiger partial charge in [0.05, 0.1) is 11.9 Å². The van der Waals surface area contributed by atoms with Crippen molar-refractivity contribution in [2.45, 2.75) is 39.3 Å². The van der Waals surface area contributed by atoms with Crippen LogP contribution in [0.15, 0.2) is 78.9 Å². The highest BCUT2D eigenvalue weighted by atomic mass is 32.2. The SMILES string of the molecule is CCNC(=O)C(Cc1ccccc1)N(Cc1ccc(F)cc1)C(=O)CN(c1ccccc1CC)S(C)(=O)=O. The number of nitrogens with one attached hydrogen (secondary N) is 1. The smallest absolute Gasteiger partial charge is 0.244 e. The van der Waals surface area contributed by atoms with Crippen LogP contribution in [0.4, 0.5) is 10.1 Å². The highest BCUT2D eigenvalue weighted by Gasteiger charge is 2.33. The van der Waals surface area contributed by atoms with Crippen molar-refractivity contribution >= 4 is 27.5 Å². The van der Waals surface area contributed by atoms with Crippen LogP contribution in [0.3, 0.4) is 0 Å². The summed E-state index contributed by atoms with van der Waals surface area (Å²) in [5.74, 6) is -1.32. The molecule has 7 nitrogen and oxygen atoms in total. The fraction of sp³-hybridized carbons (Fsp3) is 0.310. The number of hydrogen-bond acceptors (Lipinski definition) is 4. The molecule has 0 aliphatic heterocycles. The summed E-state index contributed by atoms with van der Waals surface area (Å²) in [6.07, 6.45) is 1.86. The molecule has 0 radical (unpaired) electrons. The molecule has 9 heteroatoms. The van der Waals surface area contributed by atoms with Crippen LogP contribution in [0.1, 0.15) is 30.5 Å². The summed E-state index contributed by atoms with van der Waals surface area (Å²) in [7, 11) is -3.84. The fourth-order valence-corrected chi connectivity index (χ4v) is 5.16. The van der Waals surface area contributed by atoms with Crippen molar-refractivity contribution in [2.75, 3.05) is 23.7 Å². The molecule has 0 heterocycles. The van der Waals surface area contributed by atoms with Crippen molar-refractivity contribution in [3.63, 3.8) is 0 Å². The Morgan fingerprint density at radius 1 is 0.895 bits per heavy atom. The number of carbonyl (C=O) groups excluding carboxylic acids is 2. The van der Waals surface area contributed by atoms with Crippen LogP contribution in [0.5, 0.6) is 0 Å². The number of nitrogens with zero attached hydrogens (tertiary/aromatic N) is 2. The minimum Gasteiger partial charge on any atom is -0.355 e. The van der Waals surface area contributed by atoms with Gasteiger partial charge in [-0.2, -0.15) is 0 Å². The lowest BCUT2D eigenvalue weighted by atomic mass is 10.0. The Kier molecular flexibility index (Phi) is 10.0. The lowest BCUT2D eigenvalue weighted by Gasteiger charge is -2.33. The first-order valence-electron chi connectivity index (χ1n) is 12.5. The zero-order valence-corrected chi connectivity index (χ0v) is 22.7. The molecule has 3 rings (SSSR count). The summed E-state index contributed by atoms with van der Waals surface area (Å²) >= 11 is 0. The predicted molar refractivity (Wildman–Crippen MR) is 148 cm³/mol. The van der Waals surface area contributed by atoms with Crippen LogP contribution in [0.25, 0.3) is 0 Å². The minimum atomic E-state index is -3.84. The van der Waals surface area contributed by atoms with Gasteiger partial charge in [0, 0.05) is 19.5 Å². The Balaban J connectivity index is 2.05. The van der Waals surface area contributed by atoms with Crippen LogP contribution < -0.4 is 9.62 Å². The van der Waals surface area contributed by atoms with Crippen LogP contribution in [-0.4, -0.2) is 50.5 Å². The van der Waals surface area contributed by atoms with Crippen LogP contribution in [0, 0.1) is 5.82 Å². The van der Waals surface area contributed by atoms with Crippen molar-refractivity contribution in [1.82, 2.24) is 10.2 Å². The van der Waals surface area contributed by atoms with E-state index in [9.17, 15) is 22.4 Å². The highest BCUT2D eigenvalue weighted by molar-refractivity contribution is 7.92. The number of para-hydroxylation sites is 1. The molecule has 38 heavy (non-hydrogen) atoms. The normalized spacial score (nSPS) is 12.0. The van der Waals surface area contributed by atoms with Gasteiger partial charge in [-0.05, 0) is 48.2 Å². The van der Waals surface area contributed by atoms with E-state index in [1.165, 1.54) is 17.0 Å². The van der Waals surface area contributed by atoms with E-state index >= 15 is 0 Å². The topological polar surface area (TPSA) is 86.8 Å². The Bertz CT molecular complexity index is 1330. The van der Waals surface area contributed by atoms with E-state index in [1.54, 1.807) is 31.2 Å². The number of carbonyl (C=O) groups is 2. The summed E-state index contributed by atoms with van der Waals surface area (Å²) in [5.41, 5.74) is 2.66. The zero-order valence-electron chi connectivity index (χ0n) is 21.9. The van der Waals surface area contributed by atoms with Crippen LogP contribution in [-0.2, 0) is 39.0 Å². The third-order valence-electron chi connectivity index (χ3n) is 6.21. The molecule has 0 aliphatic carbocycles. The molecule has 2 amide bonds. The van der Waals surface area contributed by atoms with Gasteiger partial charge in [-0.25, -0.2) is 12.8 Å². The summed E-state index contributed by atoms with van der Waals surface area (Å²) in [6.45, 7) is 3.58. The van der Waals surface area contributed by atoms with Gasteiger partial charge in [-0.3, -0.25) is 13.9 Å². The number of amides is 2. The number of benzene rings is 3. The number of hydrogen-bond donors (Lipinski definition) is 1. The van der Waals surface area contributed by atoms with Crippen molar-refractivity contribution < 1.29 is 22.4 Å². The van der Waals surface area contributed by atoms with Crippen molar-refractivity contribution in [1.29, 1.82) is 0 Å². The van der Waals surface area contributed by atoms with Gasteiger partial charge in [-0.1, -0.05) is 67.6 Å². The first-order valence-corrected chi connectivity index (χ1v) is 14.4. The number of rotatable bonds is 12. The number of sulfonamides is 1. The molecule has 0 bridgehead atoms. The summed E-state index contributed by atoms with van der Waals surface area (Å²) in [6, 6.07) is 21.1. The molecular formula is C29H34FN3O4S. The van der Waals surface area contributed by atoms with Crippen molar-refractivity contribution in [2.24, 2.45) is 0 Å². The largest absolute Gasteiger partial charge is 0.355 e. The lowest BCUT2D eigenvalue weighted by molar-refractivity contribution is -0.140. The molecule has 0 saturated heterocycles. The number of halogens is 1. The first kappa shape index (κ1) is 28.8. The second-order valence-electron chi connectivity index (χ2n) is 9.00. The van der Waals surface area contributed by atoms with Gasteiger partial charge in [0.25, 0.3) is 0 Å². The first-order chi connectivity index (χ1) is 18.1. The molecule has 1 N–H and O–H groups in total. The van der Waals surface area contributed by atoms with Gasteiger partial charge in [0.2, 0.25) is 21.8 Å². The van der Waals surface area contributed by atoms with E-state index in [2.05, 4.69) is 5.32 Å². The van der Waals surface area contributed by atoms with Gasteiger partial charge < -0.3 is 10.2 Å². The van der Waals surface area contributed by atoms with E-state index in [0.29, 0.717) is 24.2 Å². The standard InChI is InChI=1S/C29H34FN3O4S/c1-4-24-13-9-10-14-26(24)33(38(3,36)37)21-28(34)32(20-23-15-17-25(30)18-16-23)27(29(35)31-5-2)19-22-11-7-6-8-12-22/h6-18,27H,4-5,19-21H2,1-3H3,(H,31,35). The molecule has 0 aromatic heterocycles. The Labute approximate surface area is 224 Å². The molecule has 0 aliphatic rings. The van der Waals surface area contributed by atoms with Crippen LogP contribution >= 0.6 is 0 Å². The molecule has 1 atom stereocenters. The third kappa shape index (κ3) is 7.64. The highest BCUT2D eigenvalue weighted by Crippen LogP contribution is 2.24. The summed E-state index contributed by atoms with van der Waals surface area (Å²) < 4.78 is 40.5. The summed E-state index contributed by atoms with van der Waals surface area (Å²) in [4.78, 5) is 28.6. The maximum Gasteiger partial charge on any atom is 0.244 e. The maximum absolute atomic E-state index is 14.0. The fourth-order valence-electron chi connectivity index (χ4n) is 4.28. The van der Waals surface area contributed by atoms with Crippen molar-refractivity contribution in [3.05, 3.63) is 101 Å². The average Bonchev–Trinajstić information content (AvgIpc) is 2.90. The van der Waals surface area contributed by atoms with Gasteiger partial charge >= 0.3 is 0 Å². The van der Waals surface area contributed by atoms with Gasteiger partial charge in [0.1, 0.15) is 18.4 Å². The molecule has 3 aromatic carbocycles. The number of likely N-dealkylation sites (N-methyl/N-ethyl adjacent to an activating group) is 1. The molecule has 202 valence electrons. The summed E-state index contributed by atoms with van der Waals surface area (Å²) in [5, 5.41) is 2.80. The van der Waals surface area contributed by atoms with Crippen molar-refractivity contribution in [3.8, 4) is 0 Å². The second-order valence-corrected chi connectivity index (χ2v) is 10.9. The third-order valence-corrected chi connectivity index (χ3v) is 7.34. The minimum absolute atomic E-state index is 0.000768. The molecule has 0 saturated carbocycles. The Hall–Kier alpha value is -3.72. The van der Waals surface area contributed by atoms with Gasteiger partial charge in [0.15, 0.2) is 0 Å². The number of anilines is 1. The lowest BCUT2D eigenvalue weighted by Crippen LogP contribution is -2.53. The quantitative estimate of drug-likeness (QED) is 0.378. The van der Waals surface area contributed by atoms with Crippen LogP contribution in [0.2, 0.25) is 0 Å². The average molecular weight is 540 g/mol. The maximum atomic E-state index is 14.0. The molecule has 3 aromatic rings. The van der Waals surface area contributed by atoms with E-state index in [0.717, 1.165) is 21.7 Å². The van der Waals surface area contributed by atoms with E-state index < -0.39 is 34.3 Å². The molecule has 1 unspecified atom stereocenters. The van der Waals surface area contributed by atoms with E-state index in [-0.39, 0.29) is 18.9 Å². The van der Waals surface area contributed by atoms with E-state index in [1.807, 2.05) is 49.4 Å². The molecule has 0 spiro atoms. The Morgan fingerprint density at radius 2 is 1.53 bits per heavy atom.